The van der Waals surface area contributed by atoms with Gasteiger partial charge in [0.05, 0.1) is 22.5 Å². The number of hydrogen-bond donors (Lipinski definition) is 0. The molecule has 1 aromatic carbocycles. The van der Waals surface area contributed by atoms with Crippen molar-refractivity contribution in [3.8, 4) is 0 Å². The summed E-state index contributed by atoms with van der Waals surface area (Å²) in [5.41, 5.74) is -1.56. The molecule has 1 aromatic rings. The van der Waals surface area contributed by atoms with E-state index in [0.717, 1.165) is 56.4 Å². The fraction of sp³-hybridized carbons (Fsp3) is 0.650. The molecule has 3 aliphatic rings. The maximum absolute atomic E-state index is 13.4. The molecule has 1 aliphatic heterocycles. The van der Waals surface area contributed by atoms with E-state index in [1.54, 1.807) is 0 Å². The Morgan fingerprint density at radius 2 is 1.66 bits per heavy atom. The highest BCUT2D eigenvalue weighted by Gasteiger charge is 2.51. The number of sulfonamides is 1. The predicted molar refractivity (Wildman–Crippen MR) is 100 cm³/mol. The van der Waals surface area contributed by atoms with Crippen LogP contribution in [0.1, 0.15) is 50.5 Å². The van der Waals surface area contributed by atoms with E-state index in [1.165, 1.54) is 4.31 Å². The molecule has 1 spiro atoms. The van der Waals surface area contributed by atoms with Crippen LogP contribution in [0.25, 0.3) is 0 Å². The molecule has 3 fully saturated rings. The van der Waals surface area contributed by atoms with Gasteiger partial charge in [-0.2, -0.15) is 17.5 Å². The van der Waals surface area contributed by atoms with Gasteiger partial charge in [0.1, 0.15) is 0 Å². The van der Waals surface area contributed by atoms with Crippen molar-refractivity contribution in [2.45, 2.75) is 61.6 Å². The molecule has 160 valence electrons. The maximum atomic E-state index is 13.4. The fourth-order valence-electron chi connectivity index (χ4n) is 4.59. The second-order valence-electron chi connectivity index (χ2n) is 8.54. The minimum atomic E-state index is -4.53. The normalized spacial score (nSPS) is 23.6. The summed E-state index contributed by atoms with van der Waals surface area (Å²) >= 11 is 0. The Kier molecular flexibility index (Phi) is 5.17. The van der Waals surface area contributed by atoms with Crippen molar-refractivity contribution in [3.63, 3.8) is 0 Å². The number of amides is 1. The summed E-state index contributed by atoms with van der Waals surface area (Å²) in [6.45, 7) is 0.813. The number of nitrogens with zero attached hydrogens (tertiary/aromatic N) is 2. The molecule has 1 amide bonds. The van der Waals surface area contributed by atoms with Crippen molar-refractivity contribution in [1.82, 2.24) is 9.21 Å². The fourth-order valence-corrected chi connectivity index (χ4v) is 6.36. The highest BCUT2D eigenvalue weighted by Crippen LogP contribution is 2.41. The molecule has 4 rings (SSSR count). The topological polar surface area (TPSA) is 57.7 Å². The van der Waals surface area contributed by atoms with Gasteiger partial charge < -0.3 is 4.90 Å². The van der Waals surface area contributed by atoms with Crippen LogP contribution in [0.2, 0.25) is 0 Å². The first-order valence-corrected chi connectivity index (χ1v) is 11.5. The molecule has 9 heteroatoms. The molecule has 2 saturated carbocycles. The van der Waals surface area contributed by atoms with Crippen LogP contribution in [-0.2, 0) is 21.0 Å². The van der Waals surface area contributed by atoms with E-state index in [0.29, 0.717) is 31.8 Å². The second-order valence-corrected chi connectivity index (χ2v) is 10.4. The Morgan fingerprint density at radius 3 is 2.21 bits per heavy atom. The van der Waals surface area contributed by atoms with Crippen LogP contribution < -0.4 is 0 Å². The first-order chi connectivity index (χ1) is 13.6. The third-order valence-corrected chi connectivity index (χ3v) is 8.34. The van der Waals surface area contributed by atoms with Crippen LogP contribution in [0.4, 0.5) is 13.2 Å². The van der Waals surface area contributed by atoms with Gasteiger partial charge >= 0.3 is 6.18 Å². The number of benzene rings is 1. The zero-order valence-electron chi connectivity index (χ0n) is 16.1. The van der Waals surface area contributed by atoms with Crippen LogP contribution in [0.3, 0.4) is 0 Å². The molecule has 1 heterocycles. The van der Waals surface area contributed by atoms with E-state index in [9.17, 15) is 26.4 Å². The van der Waals surface area contributed by atoms with Crippen LogP contribution in [0, 0.1) is 5.92 Å². The van der Waals surface area contributed by atoms with Gasteiger partial charge in [-0.3, -0.25) is 4.79 Å². The molecule has 0 N–H and O–H groups in total. The van der Waals surface area contributed by atoms with Crippen molar-refractivity contribution >= 4 is 15.9 Å². The molecule has 29 heavy (non-hydrogen) atoms. The Labute approximate surface area is 168 Å². The minimum Gasteiger partial charge on any atom is -0.339 e. The minimum absolute atomic E-state index is 0.195. The van der Waals surface area contributed by atoms with Crippen molar-refractivity contribution < 1.29 is 26.4 Å². The maximum Gasteiger partial charge on any atom is 0.416 e. The second kappa shape index (κ2) is 7.27. The van der Waals surface area contributed by atoms with Crippen LogP contribution in [0.15, 0.2) is 29.2 Å². The zero-order valence-corrected chi connectivity index (χ0v) is 16.9. The molecule has 0 aromatic heterocycles. The Hall–Kier alpha value is -1.61. The molecule has 0 bridgehead atoms. The number of halogens is 3. The van der Waals surface area contributed by atoms with Gasteiger partial charge in [0, 0.05) is 13.1 Å². The van der Waals surface area contributed by atoms with Crippen LogP contribution in [-0.4, -0.2) is 48.7 Å². The van der Waals surface area contributed by atoms with Gasteiger partial charge in [-0.05, 0) is 55.9 Å². The zero-order chi connectivity index (χ0) is 20.9. The van der Waals surface area contributed by atoms with Gasteiger partial charge in [-0.25, -0.2) is 8.42 Å². The predicted octanol–water partition coefficient (Wildman–Crippen LogP) is 3.65. The number of piperazine rings is 1. The average molecular weight is 430 g/mol. The number of carbonyl (C=O) groups is 1. The van der Waals surface area contributed by atoms with Crippen molar-refractivity contribution in [1.29, 1.82) is 0 Å². The van der Waals surface area contributed by atoms with Crippen LogP contribution in [0.5, 0.6) is 0 Å². The van der Waals surface area contributed by atoms with Gasteiger partial charge in [0.15, 0.2) is 0 Å². The molecule has 0 radical (unpaired) electrons. The number of carbonyl (C=O) groups excluding carboxylic acids is 1. The van der Waals surface area contributed by atoms with E-state index >= 15 is 0 Å². The monoisotopic (exact) mass is 430 g/mol. The van der Waals surface area contributed by atoms with Crippen molar-refractivity contribution in [3.05, 3.63) is 29.8 Å². The smallest absolute Gasteiger partial charge is 0.339 e. The average Bonchev–Trinajstić information content (AvgIpc) is 3.49. The number of alkyl halides is 3. The molecule has 2 aliphatic carbocycles. The van der Waals surface area contributed by atoms with E-state index in [2.05, 4.69) is 0 Å². The lowest BCUT2D eigenvalue weighted by Gasteiger charge is -2.51. The summed E-state index contributed by atoms with van der Waals surface area (Å²) in [6.07, 6.45) is 1.79. The Balaban J connectivity index is 1.65. The molecular formula is C20H25F3N2O3S. The number of hydrogen-bond acceptors (Lipinski definition) is 3. The Morgan fingerprint density at radius 1 is 1.03 bits per heavy atom. The van der Waals surface area contributed by atoms with Gasteiger partial charge in [0.2, 0.25) is 15.9 Å². The lowest BCUT2D eigenvalue weighted by atomic mass is 9.80. The molecule has 1 saturated heterocycles. The largest absolute Gasteiger partial charge is 0.416 e. The van der Waals surface area contributed by atoms with Crippen LogP contribution >= 0.6 is 0 Å². The van der Waals surface area contributed by atoms with Gasteiger partial charge in [-0.1, -0.05) is 19.3 Å². The van der Waals surface area contributed by atoms with E-state index in [1.807, 2.05) is 4.90 Å². The Bertz CT molecular complexity index is 873. The van der Waals surface area contributed by atoms with Gasteiger partial charge in [-0.15, -0.1) is 0 Å². The molecule has 5 nitrogen and oxygen atoms in total. The third-order valence-electron chi connectivity index (χ3n) is 6.38. The van der Waals surface area contributed by atoms with E-state index in [-0.39, 0.29) is 17.3 Å². The highest BCUT2D eigenvalue weighted by molar-refractivity contribution is 7.89. The summed E-state index contributed by atoms with van der Waals surface area (Å²) in [5, 5.41) is 0. The molecule has 0 unspecified atom stereocenters. The highest BCUT2D eigenvalue weighted by atomic mass is 32.2. The first kappa shape index (κ1) is 20.7. The van der Waals surface area contributed by atoms with Crippen molar-refractivity contribution in [2.24, 2.45) is 5.92 Å². The summed E-state index contributed by atoms with van der Waals surface area (Å²) in [5.74, 6) is 0.293. The van der Waals surface area contributed by atoms with E-state index in [4.69, 9.17) is 0 Å². The number of rotatable bonds is 4. The summed E-state index contributed by atoms with van der Waals surface area (Å²) in [7, 11) is -4.08. The van der Waals surface area contributed by atoms with Crippen molar-refractivity contribution in [2.75, 3.05) is 19.6 Å². The van der Waals surface area contributed by atoms with Gasteiger partial charge in [0.25, 0.3) is 0 Å². The summed E-state index contributed by atoms with van der Waals surface area (Å²) < 4.78 is 66.6. The van der Waals surface area contributed by atoms with E-state index < -0.39 is 27.3 Å². The standard InChI is InChI=1S/C20H25F3N2O3S/c21-20(22,23)16-6-8-17(9-7-16)29(27,28)25-13-18(26)24(12-15-4-5-15)14-19(25)10-2-1-3-11-19/h6-9,15H,1-5,10-14H2. The molecule has 0 atom stereocenters. The quantitative estimate of drug-likeness (QED) is 0.733. The lowest BCUT2D eigenvalue weighted by molar-refractivity contribution is -0.140. The SMILES string of the molecule is O=C1CN(S(=O)(=O)c2ccc(C(F)(F)F)cc2)C2(CCCCC2)CN1CC1CC1. The first-order valence-electron chi connectivity index (χ1n) is 10.1. The lowest BCUT2D eigenvalue weighted by Crippen LogP contribution is -2.66. The molecular weight excluding hydrogens is 405 g/mol. The summed E-state index contributed by atoms with van der Waals surface area (Å²) in [4.78, 5) is 14.3. The third kappa shape index (κ3) is 4.03. The summed E-state index contributed by atoms with van der Waals surface area (Å²) in [6, 6.07) is 3.56.